The van der Waals surface area contributed by atoms with E-state index in [0.29, 0.717) is 35.8 Å². The molecular weight excluding hydrogens is 438 g/mol. The van der Waals surface area contributed by atoms with Crippen LogP contribution in [0.1, 0.15) is 43.1 Å². The molecular formula is C25H29N3O6. The number of ether oxygens (including phenoxy) is 3. The standard InChI is InChI=1S/C25H29N3O6/c1-25(2,3)34-24(31)26-16-10-19-22(29)27-18-12-21(33-14-15-8-6-5-7-9-15)20(32-4)11-17(18)23(30)28(19)13-16/h5-9,11-12,16,19H,10,13-14H2,1-4H3,(H,26,31)(H,27,29)/t16-,19+/m1/s1. The number of benzene rings is 2. The number of alkyl carbamates (subject to hydrolysis) is 1. The Kier molecular flexibility index (Phi) is 6.37. The lowest BCUT2D eigenvalue weighted by atomic mass is 10.1. The van der Waals surface area contributed by atoms with Gasteiger partial charge in [-0.05, 0) is 38.8 Å². The van der Waals surface area contributed by atoms with Crippen molar-refractivity contribution in [3.05, 3.63) is 53.6 Å². The third kappa shape index (κ3) is 5.08. The number of nitrogens with one attached hydrogen (secondary N) is 2. The van der Waals surface area contributed by atoms with E-state index in [-0.39, 0.29) is 18.4 Å². The van der Waals surface area contributed by atoms with E-state index in [9.17, 15) is 14.4 Å². The van der Waals surface area contributed by atoms with Gasteiger partial charge in [-0.25, -0.2) is 4.79 Å². The summed E-state index contributed by atoms with van der Waals surface area (Å²) in [7, 11) is 1.50. The number of hydrogen-bond acceptors (Lipinski definition) is 6. The van der Waals surface area contributed by atoms with Gasteiger partial charge in [0.25, 0.3) is 5.91 Å². The van der Waals surface area contributed by atoms with Crippen LogP contribution in [-0.4, -0.2) is 54.1 Å². The predicted molar refractivity (Wildman–Crippen MR) is 125 cm³/mol. The molecule has 180 valence electrons. The molecule has 1 saturated heterocycles. The molecule has 3 amide bonds. The number of anilines is 1. The van der Waals surface area contributed by atoms with Crippen molar-refractivity contribution in [1.29, 1.82) is 0 Å². The van der Waals surface area contributed by atoms with Crippen molar-refractivity contribution >= 4 is 23.6 Å². The quantitative estimate of drug-likeness (QED) is 0.699. The zero-order valence-electron chi connectivity index (χ0n) is 19.7. The van der Waals surface area contributed by atoms with E-state index in [4.69, 9.17) is 14.2 Å². The SMILES string of the molecule is COc1cc2c(cc1OCc1ccccc1)NC(=O)[C@@H]1C[C@@H](NC(=O)OC(C)(C)C)CN1C2=O. The molecule has 0 aromatic heterocycles. The summed E-state index contributed by atoms with van der Waals surface area (Å²) in [6.07, 6.45) is -0.287. The van der Waals surface area contributed by atoms with Crippen LogP contribution in [0.25, 0.3) is 0 Å². The van der Waals surface area contributed by atoms with E-state index in [1.807, 2.05) is 30.3 Å². The van der Waals surface area contributed by atoms with Crippen LogP contribution in [0.3, 0.4) is 0 Å². The normalized spacial score (nSPS) is 19.5. The minimum Gasteiger partial charge on any atom is -0.493 e. The van der Waals surface area contributed by atoms with Crippen molar-refractivity contribution in [2.75, 3.05) is 19.0 Å². The van der Waals surface area contributed by atoms with Gasteiger partial charge in [0, 0.05) is 12.6 Å². The van der Waals surface area contributed by atoms with Gasteiger partial charge in [0.2, 0.25) is 5.91 Å². The van der Waals surface area contributed by atoms with Gasteiger partial charge in [0.1, 0.15) is 18.2 Å². The molecule has 1 fully saturated rings. The van der Waals surface area contributed by atoms with E-state index < -0.39 is 23.8 Å². The number of methoxy groups -OCH3 is 1. The fraction of sp³-hybridized carbons (Fsp3) is 0.400. The van der Waals surface area contributed by atoms with Crippen LogP contribution >= 0.6 is 0 Å². The molecule has 2 aliphatic heterocycles. The van der Waals surface area contributed by atoms with Crippen molar-refractivity contribution in [2.45, 2.75) is 51.5 Å². The van der Waals surface area contributed by atoms with Gasteiger partial charge < -0.3 is 29.7 Å². The lowest BCUT2D eigenvalue weighted by Gasteiger charge is -2.22. The first-order valence-corrected chi connectivity index (χ1v) is 11.1. The summed E-state index contributed by atoms with van der Waals surface area (Å²) in [6.45, 7) is 5.82. The molecule has 0 unspecified atom stereocenters. The van der Waals surface area contributed by atoms with E-state index >= 15 is 0 Å². The maximum atomic E-state index is 13.4. The Bertz CT molecular complexity index is 1100. The van der Waals surface area contributed by atoms with Crippen LogP contribution in [0, 0.1) is 0 Å². The van der Waals surface area contributed by atoms with E-state index in [1.54, 1.807) is 32.9 Å². The molecule has 0 bridgehead atoms. The number of amides is 3. The maximum Gasteiger partial charge on any atom is 0.407 e. The molecule has 34 heavy (non-hydrogen) atoms. The highest BCUT2D eigenvalue weighted by atomic mass is 16.6. The fourth-order valence-electron chi connectivity index (χ4n) is 4.11. The first-order chi connectivity index (χ1) is 16.1. The van der Waals surface area contributed by atoms with Gasteiger partial charge in [-0.15, -0.1) is 0 Å². The lowest BCUT2D eigenvalue weighted by Crippen LogP contribution is -2.42. The zero-order chi connectivity index (χ0) is 24.5. The highest BCUT2D eigenvalue weighted by Crippen LogP contribution is 2.37. The van der Waals surface area contributed by atoms with Crippen molar-refractivity contribution in [1.82, 2.24) is 10.2 Å². The fourth-order valence-corrected chi connectivity index (χ4v) is 4.11. The second kappa shape index (κ2) is 9.24. The van der Waals surface area contributed by atoms with Crippen molar-refractivity contribution < 1.29 is 28.6 Å². The number of nitrogens with zero attached hydrogens (tertiary/aromatic N) is 1. The summed E-state index contributed by atoms with van der Waals surface area (Å²) in [5.74, 6) is 0.169. The Hall–Kier alpha value is -3.75. The largest absolute Gasteiger partial charge is 0.493 e. The molecule has 0 aliphatic carbocycles. The number of fused-ring (bicyclic) bond motifs is 2. The Morgan fingerprint density at radius 2 is 1.88 bits per heavy atom. The highest BCUT2D eigenvalue weighted by Gasteiger charge is 2.44. The van der Waals surface area contributed by atoms with E-state index in [2.05, 4.69) is 10.6 Å². The van der Waals surface area contributed by atoms with Crippen LogP contribution in [0.4, 0.5) is 10.5 Å². The third-order valence-corrected chi connectivity index (χ3v) is 5.61. The summed E-state index contributed by atoms with van der Waals surface area (Å²) in [6, 6.07) is 11.7. The molecule has 2 aromatic carbocycles. The Balaban J connectivity index is 1.53. The number of rotatable bonds is 5. The number of carbonyl (C=O) groups is 3. The average Bonchev–Trinajstić information content (AvgIpc) is 3.16. The predicted octanol–water partition coefficient (Wildman–Crippen LogP) is 3.33. The third-order valence-electron chi connectivity index (χ3n) is 5.61. The smallest absolute Gasteiger partial charge is 0.407 e. The van der Waals surface area contributed by atoms with Crippen molar-refractivity contribution in [2.24, 2.45) is 0 Å². The van der Waals surface area contributed by atoms with Crippen LogP contribution in [0.15, 0.2) is 42.5 Å². The molecule has 0 spiro atoms. The van der Waals surface area contributed by atoms with Gasteiger partial charge in [0.15, 0.2) is 11.5 Å². The van der Waals surface area contributed by atoms with Gasteiger partial charge in [-0.1, -0.05) is 30.3 Å². The molecule has 2 heterocycles. The minimum atomic E-state index is -0.709. The molecule has 9 heteroatoms. The summed E-state index contributed by atoms with van der Waals surface area (Å²) < 4.78 is 16.7. The summed E-state index contributed by atoms with van der Waals surface area (Å²) in [4.78, 5) is 40.0. The highest BCUT2D eigenvalue weighted by molar-refractivity contribution is 6.10. The van der Waals surface area contributed by atoms with Gasteiger partial charge in [-0.2, -0.15) is 0 Å². The van der Waals surface area contributed by atoms with Crippen LogP contribution in [0.5, 0.6) is 11.5 Å². The monoisotopic (exact) mass is 467 g/mol. The van der Waals surface area contributed by atoms with E-state index in [1.165, 1.54) is 12.0 Å². The molecule has 2 aliphatic rings. The molecule has 2 atom stereocenters. The molecule has 2 aromatic rings. The summed E-state index contributed by atoms with van der Waals surface area (Å²) >= 11 is 0. The molecule has 9 nitrogen and oxygen atoms in total. The van der Waals surface area contributed by atoms with Gasteiger partial charge >= 0.3 is 6.09 Å². The summed E-state index contributed by atoms with van der Waals surface area (Å²) in [5, 5.41) is 5.61. The lowest BCUT2D eigenvalue weighted by molar-refractivity contribution is -0.119. The zero-order valence-corrected chi connectivity index (χ0v) is 19.7. The average molecular weight is 468 g/mol. The topological polar surface area (TPSA) is 106 Å². The Labute approximate surface area is 198 Å². The summed E-state index contributed by atoms with van der Waals surface area (Å²) in [5.41, 5.74) is 1.00. The number of hydrogen-bond donors (Lipinski definition) is 2. The molecule has 0 saturated carbocycles. The number of carbonyl (C=O) groups excluding carboxylic acids is 3. The second-order valence-electron chi connectivity index (χ2n) is 9.36. The molecule has 0 radical (unpaired) electrons. The van der Waals surface area contributed by atoms with Crippen LogP contribution < -0.4 is 20.1 Å². The Morgan fingerprint density at radius 3 is 2.56 bits per heavy atom. The van der Waals surface area contributed by atoms with Crippen LogP contribution in [-0.2, 0) is 16.1 Å². The molecule has 4 rings (SSSR count). The minimum absolute atomic E-state index is 0.199. The van der Waals surface area contributed by atoms with Gasteiger partial charge in [-0.3, -0.25) is 9.59 Å². The van der Waals surface area contributed by atoms with Crippen molar-refractivity contribution in [3.63, 3.8) is 0 Å². The second-order valence-corrected chi connectivity index (χ2v) is 9.36. The van der Waals surface area contributed by atoms with Crippen molar-refractivity contribution in [3.8, 4) is 11.5 Å². The maximum absolute atomic E-state index is 13.4. The van der Waals surface area contributed by atoms with Gasteiger partial charge in [0.05, 0.1) is 24.4 Å². The van der Waals surface area contributed by atoms with Crippen LogP contribution in [0.2, 0.25) is 0 Å². The molecule has 2 N–H and O–H groups in total. The first kappa shape index (κ1) is 23.4. The van der Waals surface area contributed by atoms with E-state index in [0.717, 1.165) is 5.56 Å². The first-order valence-electron chi connectivity index (χ1n) is 11.1. The Morgan fingerprint density at radius 1 is 1.15 bits per heavy atom.